The van der Waals surface area contributed by atoms with Gasteiger partial charge in [-0.05, 0) is 80.6 Å². The monoisotopic (exact) mass is 1020 g/mol. The molecule has 3 aromatic rings. The standard InChI is InChI=1S/C53H93N8O9P/c1-3-5-7-9-11-13-15-17-19-21-23-25-27-29-31-33-39-68-71(64,69-40-34-32-30-28-26-24-22-20-18-16-14-12-10-8-6-4-2)55-47-49-48-60(59-56-49)38-42-66-44-46-67-45-43-65-41-37-54-50-35-36-51(61(62)63)53-52(50)57-70-58-53/h17-20,35-36,48,54H,3-16,21-34,37-47H2,1-2H3,(H,55,64)/b19-17-,20-18-. The number of unbranched alkanes of at least 4 members (excludes halogenated alkanes) is 24. The second-order valence-corrected chi connectivity index (χ2v) is 20.3. The van der Waals surface area contributed by atoms with E-state index in [2.05, 4.69) is 69.2 Å². The van der Waals surface area contributed by atoms with E-state index in [0.29, 0.717) is 82.8 Å². The predicted octanol–water partition coefficient (Wildman–Crippen LogP) is 14.2. The molecule has 0 unspecified atom stereocenters. The normalized spacial score (nSPS) is 12.1. The van der Waals surface area contributed by atoms with Gasteiger partial charge in [-0.2, -0.15) is 0 Å². The molecular formula is C53H93N8O9P. The van der Waals surface area contributed by atoms with Gasteiger partial charge in [0.2, 0.25) is 5.52 Å². The van der Waals surface area contributed by atoms with Crippen LogP contribution in [0, 0.1) is 10.1 Å². The minimum atomic E-state index is -3.55. The fraction of sp³-hybridized carbons (Fsp3) is 0.774. The van der Waals surface area contributed by atoms with Crippen molar-refractivity contribution in [1.29, 1.82) is 0 Å². The highest BCUT2D eigenvalue weighted by atomic mass is 31.2. The summed E-state index contributed by atoms with van der Waals surface area (Å²) < 4.78 is 49.2. The number of aromatic nitrogens is 5. The molecule has 0 fully saturated rings. The molecule has 0 saturated carbocycles. The summed E-state index contributed by atoms with van der Waals surface area (Å²) >= 11 is 0. The van der Waals surface area contributed by atoms with Crippen molar-refractivity contribution in [3.05, 3.63) is 58.4 Å². The second kappa shape index (κ2) is 42.9. The molecule has 0 aliphatic rings. The first-order valence-electron chi connectivity index (χ1n) is 27.7. The molecule has 1 aromatic carbocycles. The molecule has 0 bridgehead atoms. The number of nitro groups is 1. The van der Waals surface area contributed by atoms with E-state index < -0.39 is 12.7 Å². The van der Waals surface area contributed by atoms with E-state index in [1.807, 2.05) is 6.20 Å². The van der Waals surface area contributed by atoms with Crippen molar-refractivity contribution in [2.75, 3.05) is 64.7 Å². The topological polar surface area (TPSA) is 200 Å². The minimum Gasteiger partial charge on any atom is -0.381 e. The maximum Gasteiger partial charge on any atom is 0.405 e. The highest BCUT2D eigenvalue weighted by molar-refractivity contribution is 7.51. The average Bonchev–Trinajstić information content (AvgIpc) is 4.06. The molecule has 0 spiro atoms. The van der Waals surface area contributed by atoms with Crippen LogP contribution < -0.4 is 10.4 Å². The number of rotatable bonds is 51. The van der Waals surface area contributed by atoms with Crippen LogP contribution >= 0.6 is 7.75 Å². The first kappa shape index (κ1) is 61.7. The van der Waals surface area contributed by atoms with Gasteiger partial charge in [0.05, 0.1) is 82.2 Å². The highest BCUT2D eigenvalue weighted by Crippen LogP contribution is 2.44. The van der Waals surface area contributed by atoms with Gasteiger partial charge in [0.25, 0.3) is 0 Å². The largest absolute Gasteiger partial charge is 0.405 e. The van der Waals surface area contributed by atoms with E-state index in [9.17, 15) is 14.7 Å². The van der Waals surface area contributed by atoms with Crippen molar-refractivity contribution in [3.8, 4) is 0 Å². The van der Waals surface area contributed by atoms with Crippen molar-refractivity contribution in [2.45, 2.75) is 207 Å². The molecule has 2 heterocycles. The number of hydrogen-bond donors (Lipinski definition) is 2. The van der Waals surface area contributed by atoms with E-state index in [1.54, 1.807) is 10.7 Å². The quantitative estimate of drug-likeness (QED) is 0.0178. The summed E-state index contributed by atoms with van der Waals surface area (Å²) in [6.07, 6.45) is 45.7. The maximum atomic E-state index is 13.9. The van der Waals surface area contributed by atoms with Crippen LogP contribution in [0.25, 0.3) is 11.0 Å². The summed E-state index contributed by atoms with van der Waals surface area (Å²) in [4.78, 5) is 10.7. The van der Waals surface area contributed by atoms with Gasteiger partial charge in [-0.25, -0.2) is 19.0 Å². The number of non-ortho nitro benzene ring substituents is 1. The van der Waals surface area contributed by atoms with Gasteiger partial charge in [-0.15, -0.1) is 5.10 Å². The smallest absolute Gasteiger partial charge is 0.381 e. The predicted molar refractivity (Wildman–Crippen MR) is 285 cm³/mol. The fourth-order valence-corrected chi connectivity index (χ4v) is 9.36. The number of nitro benzene ring substituents is 1. The number of allylic oxidation sites excluding steroid dienone is 4. The number of nitrogens with one attached hydrogen (secondary N) is 2. The van der Waals surface area contributed by atoms with Crippen molar-refractivity contribution in [2.24, 2.45) is 0 Å². The molecule has 18 heteroatoms. The van der Waals surface area contributed by atoms with E-state index >= 15 is 0 Å². The van der Waals surface area contributed by atoms with Gasteiger partial charge in [-0.3, -0.25) is 19.2 Å². The lowest BCUT2D eigenvalue weighted by Crippen LogP contribution is -2.16. The molecule has 71 heavy (non-hydrogen) atoms. The lowest BCUT2D eigenvalue weighted by Gasteiger charge is -2.19. The van der Waals surface area contributed by atoms with Crippen LogP contribution in [0.3, 0.4) is 0 Å². The van der Waals surface area contributed by atoms with Crippen molar-refractivity contribution < 1.29 is 37.4 Å². The van der Waals surface area contributed by atoms with Crippen LogP contribution in [0.2, 0.25) is 0 Å². The Morgan fingerprint density at radius 1 is 0.606 bits per heavy atom. The van der Waals surface area contributed by atoms with Gasteiger partial charge >= 0.3 is 13.4 Å². The second-order valence-electron chi connectivity index (χ2n) is 18.5. The Balaban J connectivity index is 1.25. The van der Waals surface area contributed by atoms with Gasteiger partial charge < -0.3 is 19.5 Å². The molecular weight excluding hydrogens is 924 g/mol. The number of fused-ring (bicyclic) bond motifs is 1. The van der Waals surface area contributed by atoms with Gasteiger partial charge in [0.1, 0.15) is 0 Å². The SMILES string of the molecule is CCCCCCCC/C=C\CCCCCCCCOP(=O)(NCc1cn(CCOCCOCCOCCNc2ccc([N+](=O)[O-])c3nonc23)nn1)OCCCCCCCC/C=C\CCCCCCCC. The summed E-state index contributed by atoms with van der Waals surface area (Å²) in [5.41, 5.74) is 1.45. The number of ether oxygens (including phenoxy) is 3. The molecule has 404 valence electrons. The zero-order valence-electron chi connectivity index (χ0n) is 43.9. The first-order chi connectivity index (χ1) is 35.0. The van der Waals surface area contributed by atoms with Crippen molar-refractivity contribution >= 4 is 30.2 Å². The minimum absolute atomic E-state index is 0.0958. The number of nitrogens with zero attached hydrogens (tertiary/aromatic N) is 6. The van der Waals surface area contributed by atoms with E-state index in [1.165, 1.54) is 147 Å². The van der Waals surface area contributed by atoms with Gasteiger partial charge in [0.15, 0.2) is 5.52 Å². The van der Waals surface area contributed by atoms with Crippen LogP contribution in [0.4, 0.5) is 11.4 Å². The lowest BCUT2D eigenvalue weighted by atomic mass is 10.1. The third-order valence-corrected chi connectivity index (χ3v) is 13.8. The Morgan fingerprint density at radius 2 is 1.07 bits per heavy atom. The third-order valence-electron chi connectivity index (χ3n) is 12.2. The van der Waals surface area contributed by atoms with Crippen molar-refractivity contribution in [1.82, 2.24) is 30.4 Å². The molecule has 0 saturated heterocycles. The molecule has 2 N–H and O–H groups in total. The number of anilines is 1. The number of hydrogen-bond acceptors (Lipinski definition) is 14. The summed E-state index contributed by atoms with van der Waals surface area (Å²) in [5, 5.41) is 33.3. The molecule has 0 radical (unpaired) electrons. The Morgan fingerprint density at radius 3 is 1.59 bits per heavy atom. The molecule has 3 rings (SSSR count). The van der Waals surface area contributed by atoms with E-state index in [0.717, 1.165) is 38.5 Å². The molecule has 0 amide bonds. The zero-order chi connectivity index (χ0) is 50.6. The Bertz CT molecular complexity index is 1800. The molecule has 0 aliphatic carbocycles. The third kappa shape index (κ3) is 31.6. The Labute approximate surface area is 426 Å². The lowest BCUT2D eigenvalue weighted by molar-refractivity contribution is -0.383. The molecule has 0 aliphatic heterocycles. The van der Waals surface area contributed by atoms with Crippen LogP contribution in [-0.4, -0.2) is 89.6 Å². The zero-order valence-corrected chi connectivity index (χ0v) is 44.8. The van der Waals surface area contributed by atoms with Crippen LogP contribution in [0.1, 0.15) is 199 Å². The Hall–Kier alpha value is -3.57. The maximum absolute atomic E-state index is 13.9. The Kier molecular flexibility index (Phi) is 37.3. The molecule has 0 atom stereocenters. The van der Waals surface area contributed by atoms with Crippen LogP contribution in [0.15, 0.2) is 47.3 Å². The van der Waals surface area contributed by atoms with E-state index in [4.69, 9.17) is 27.9 Å². The summed E-state index contributed by atoms with van der Waals surface area (Å²) in [5.74, 6) is 0. The van der Waals surface area contributed by atoms with Crippen LogP contribution in [-0.2, 0) is 40.9 Å². The fourth-order valence-electron chi connectivity index (χ4n) is 8.01. The van der Waals surface area contributed by atoms with Gasteiger partial charge in [0, 0.05) is 18.8 Å². The van der Waals surface area contributed by atoms with E-state index in [-0.39, 0.29) is 17.7 Å². The average molecular weight is 1020 g/mol. The molecule has 17 nitrogen and oxygen atoms in total. The van der Waals surface area contributed by atoms with Crippen molar-refractivity contribution in [3.63, 3.8) is 0 Å². The summed E-state index contributed by atoms with van der Waals surface area (Å²) in [7, 11) is -3.55. The summed E-state index contributed by atoms with van der Waals surface area (Å²) in [6.45, 7) is 8.94. The van der Waals surface area contributed by atoms with Gasteiger partial charge in [-0.1, -0.05) is 159 Å². The highest BCUT2D eigenvalue weighted by Gasteiger charge is 2.25. The number of benzene rings is 1. The summed E-state index contributed by atoms with van der Waals surface area (Å²) in [6, 6.07) is 2.93. The molecule has 2 aromatic heterocycles. The first-order valence-corrected chi connectivity index (χ1v) is 29.2. The van der Waals surface area contributed by atoms with Crippen LogP contribution in [0.5, 0.6) is 0 Å².